The van der Waals surface area contributed by atoms with E-state index < -0.39 is 5.97 Å². The van der Waals surface area contributed by atoms with Gasteiger partial charge in [0.2, 0.25) is 0 Å². The van der Waals surface area contributed by atoms with Crippen LogP contribution in [0.5, 0.6) is 0 Å². The van der Waals surface area contributed by atoms with E-state index in [9.17, 15) is 9.59 Å². The summed E-state index contributed by atoms with van der Waals surface area (Å²) in [7, 11) is 0. The molecule has 32 heavy (non-hydrogen) atoms. The number of hydrogen-bond donors (Lipinski definition) is 0. The molecule has 0 atom stereocenters. The van der Waals surface area contributed by atoms with Crippen LogP contribution in [0, 0.1) is 0 Å². The van der Waals surface area contributed by atoms with Crippen LogP contribution in [-0.4, -0.2) is 59.4 Å². The molecule has 168 valence electrons. The van der Waals surface area contributed by atoms with Gasteiger partial charge in [-0.25, -0.2) is 4.98 Å². The summed E-state index contributed by atoms with van der Waals surface area (Å²) in [5, 5.41) is 0. The summed E-state index contributed by atoms with van der Waals surface area (Å²) in [5.41, 5.74) is 0.929. The van der Waals surface area contributed by atoms with E-state index in [1.807, 2.05) is 42.5 Å². The lowest BCUT2D eigenvalue weighted by atomic mass is 10.2. The molecule has 1 amide bonds. The van der Waals surface area contributed by atoms with Crippen molar-refractivity contribution in [2.45, 2.75) is 19.4 Å². The second-order valence-corrected chi connectivity index (χ2v) is 9.31. The molecule has 0 N–H and O–H groups in total. The molecular weight excluding hydrogens is 450 g/mol. The van der Waals surface area contributed by atoms with E-state index in [2.05, 4.69) is 9.88 Å². The molecule has 4 rings (SSSR count). The van der Waals surface area contributed by atoms with Gasteiger partial charge < -0.3 is 14.1 Å². The van der Waals surface area contributed by atoms with E-state index in [0.29, 0.717) is 31.2 Å². The van der Waals surface area contributed by atoms with Crippen LogP contribution in [0.3, 0.4) is 0 Å². The average molecular weight is 474 g/mol. The molecule has 0 radical (unpaired) electrons. The summed E-state index contributed by atoms with van der Waals surface area (Å²) in [6, 6.07) is 13.6. The number of esters is 1. The van der Waals surface area contributed by atoms with E-state index in [1.165, 1.54) is 4.88 Å². The summed E-state index contributed by atoms with van der Waals surface area (Å²) in [4.78, 5) is 33.9. The third-order valence-corrected chi connectivity index (χ3v) is 6.46. The molecule has 0 saturated carbocycles. The molecular formula is C23H24ClN3O4S. The van der Waals surface area contributed by atoms with Crippen molar-refractivity contribution < 1.29 is 18.7 Å². The second kappa shape index (κ2) is 10.8. The first-order valence-corrected chi connectivity index (χ1v) is 11.7. The zero-order valence-electron chi connectivity index (χ0n) is 17.5. The molecule has 0 spiro atoms. The number of rotatable bonds is 8. The van der Waals surface area contributed by atoms with Gasteiger partial charge in [-0.05, 0) is 12.1 Å². The molecule has 3 heterocycles. The second-order valence-electron chi connectivity index (χ2n) is 7.51. The topological polar surface area (TPSA) is 75.9 Å². The molecule has 0 unspecified atom stereocenters. The number of hydrogen-bond acceptors (Lipinski definition) is 7. The third-order valence-electron chi connectivity index (χ3n) is 5.24. The van der Waals surface area contributed by atoms with Crippen molar-refractivity contribution in [2.24, 2.45) is 0 Å². The maximum Gasteiger partial charge on any atom is 0.306 e. The number of aryl methyl sites for hydroxylation is 1. The summed E-state index contributed by atoms with van der Waals surface area (Å²) >= 11 is 7.56. The number of oxazole rings is 1. The number of benzene rings is 1. The molecule has 1 aliphatic heterocycles. The lowest BCUT2D eigenvalue weighted by Crippen LogP contribution is -2.49. The van der Waals surface area contributed by atoms with Gasteiger partial charge in [0.1, 0.15) is 0 Å². The number of halogens is 1. The van der Waals surface area contributed by atoms with Crippen LogP contribution in [0.25, 0.3) is 11.3 Å². The number of amides is 1. The zero-order valence-corrected chi connectivity index (χ0v) is 19.1. The number of piperazine rings is 1. The minimum absolute atomic E-state index is 0.110. The number of aromatic nitrogens is 1. The third kappa shape index (κ3) is 6.18. The van der Waals surface area contributed by atoms with Gasteiger partial charge in [0.15, 0.2) is 18.3 Å². The Balaban J connectivity index is 1.15. The van der Waals surface area contributed by atoms with Crippen molar-refractivity contribution in [3.63, 3.8) is 0 Å². The highest BCUT2D eigenvalue weighted by molar-refractivity contribution is 7.16. The first-order chi connectivity index (χ1) is 15.6. The fraction of sp³-hybridized carbons (Fsp3) is 0.348. The molecule has 9 heteroatoms. The molecule has 7 nitrogen and oxygen atoms in total. The van der Waals surface area contributed by atoms with Gasteiger partial charge in [-0.1, -0.05) is 41.9 Å². The van der Waals surface area contributed by atoms with Gasteiger partial charge in [0.25, 0.3) is 5.91 Å². The van der Waals surface area contributed by atoms with E-state index in [-0.39, 0.29) is 18.9 Å². The molecule has 1 aromatic carbocycles. The van der Waals surface area contributed by atoms with Crippen LogP contribution in [0.2, 0.25) is 4.34 Å². The van der Waals surface area contributed by atoms with Gasteiger partial charge in [0, 0.05) is 49.6 Å². The Kier molecular flexibility index (Phi) is 7.57. The van der Waals surface area contributed by atoms with Crippen LogP contribution >= 0.6 is 22.9 Å². The largest absolute Gasteiger partial charge is 0.456 e. The van der Waals surface area contributed by atoms with E-state index in [4.69, 9.17) is 20.8 Å². The molecule has 3 aromatic rings. The Labute approximate surface area is 195 Å². The number of carbonyl (C=O) groups is 2. The highest BCUT2D eigenvalue weighted by Gasteiger charge is 2.22. The highest BCUT2D eigenvalue weighted by atomic mass is 35.5. The molecule has 1 saturated heterocycles. The zero-order chi connectivity index (χ0) is 22.3. The Bertz CT molecular complexity index is 1040. The van der Waals surface area contributed by atoms with Crippen molar-refractivity contribution >= 4 is 34.8 Å². The average Bonchev–Trinajstić information content (AvgIpc) is 3.46. The molecule has 1 aliphatic rings. The first-order valence-electron chi connectivity index (χ1n) is 10.5. The molecule has 2 aromatic heterocycles. The molecule has 0 bridgehead atoms. The normalized spacial score (nSPS) is 14.5. The lowest BCUT2D eigenvalue weighted by Gasteiger charge is -2.34. The fourth-order valence-electron chi connectivity index (χ4n) is 3.49. The van der Waals surface area contributed by atoms with Gasteiger partial charge in [0.05, 0.1) is 17.0 Å². The lowest BCUT2D eigenvalue weighted by molar-refractivity contribution is -0.152. The Morgan fingerprint density at radius 3 is 2.59 bits per heavy atom. The monoisotopic (exact) mass is 473 g/mol. The number of nitrogens with zero attached hydrogens (tertiary/aromatic N) is 3. The maximum absolute atomic E-state index is 12.4. The summed E-state index contributed by atoms with van der Waals surface area (Å²) in [6.07, 6.45) is 2.08. The fourth-order valence-corrected chi connectivity index (χ4v) is 4.62. The van der Waals surface area contributed by atoms with Crippen LogP contribution in [0.4, 0.5) is 0 Å². The number of thiophene rings is 1. The first kappa shape index (κ1) is 22.5. The minimum atomic E-state index is -0.439. The maximum atomic E-state index is 12.4. The van der Waals surface area contributed by atoms with Crippen molar-refractivity contribution in [1.82, 2.24) is 14.8 Å². The van der Waals surface area contributed by atoms with Crippen molar-refractivity contribution in [1.29, 1.82) is 0 Å². The van der Waals surface area contributed by atoms with Crippen LogP contribution < -0.4 is 0 Å². The summed E-state index contributed by atoms with van der Waals surface area (Å²) in [6.45, 7) is 3.40. The van der Waals surface area contributed by atoms with Crippen LogP contribution in [0.15, 0.2) is 53.1 Å². The summed E-state index contributed by atoms with van der Waals surface area (Å²) < 4.78 is 11.6. The predicted octanol–water partition coefficient (Wildman–Crippen LogP) is 3.88. The smallest absolute Gasteiger partial charge is 0.306 e. The SMILES string of the molecule is O=C(CCc1ncc(-c2ccccc2)o1)OCC(=O)N1CCN(Cc2ccc(Cl)s2)CC1. The van der Waals surface area contributed by atoms with Gasteiger partial charge in [-0.2, -0.15) is 0 Å². The van der Waals surface area contributed by atoms with Crippen LogP contribution in [0.1, 0.15) is 17.2 Å². The Morgan fingerprint density at radius 1 is 1.09 bits per heavy atom. The molecule has 0 aliphatic carbocycles. The molecule has 1 fully saturated rings. The quantitative estimate of drug-likeness (QED) is 0.462. The summed E-state index contributed by atoms with van der Waals surface area (Å²) in [5.74, 6) is 0.520. The minimum Gasteiger partial charge on any atom is -0.456 e. The van der Waals surface area contributed by atoms with Crippen molar-refractivity contribution in [2.75, 3.05) is 32.8 Å². The van der Waals surface area contributed by atoms with E-state index in [0.717, 1.165) is 29.5 Å². The van der Waals surface area contributed by atoms with Gasteiger partial charge in [-0.3, -0.25) is 14.5 Å². The van der Waals surface area contributed by atoms with E-state index in [1.54, 1.807) is 22.4 Å². The number of ether oxygens (including phenoxy) is 1. The number of carbonyl (C=O) groups excluding carboxylic acids is 2. The van der Waals surface area contributed by atoms with Gasteiger partial charge in [-0.15, -0.1) is 11.3 Å². The van der Waals surface area contributed by atoms with Crippen molar-refractivity contribution in [3.8, 4) is 11.3 Å². The Morgan fingerprint density at radius 2 is 1.88 bits per heavy atom. The van der Waals surface area contributed by atoms with Crippen LogP contribution in [-0.2, 0) is 27.3 Å². The van der Waals surface area contributed by atoms with E-state index >= 15 is 0 Å². The van der Waals surface area contributed by atoms with Gasteiger partial charge >= 0.3 is 5.97 Å². The predicted molar refractivity (Wildman–Crippen MR) is 122 cm³/mol. The van der Waals surface area contributed by atoms with Crippen molar-refractivity contribution in [3.05, 3.63) is 63.8 Å². The Hall–Kier alpha value is -2.68. The standard InChI is InChI=1S/C23H24ClN3O4S/c24-20-7-6-18(32-20)15-26-10-12-27(13-11-26)22(28)16-30-23(29)9-8-21-25-14-19(31-21)17-4-2-1-3-5-17/h1-7,14H,8-13,15-16H2. The highest BCUT2D eigenvalue weighted by Crippen LogP contribution is 2.23.